The number of halogens is 1. The highest BCUT2D eigenvalue weighted by Gasteiger charge is 2.31. The lowest BCUT2D eigenvalue weighted by molar-refractivity contribution is -0.125. The molecule has 6 heteroatoms. The van der Waals surface area contributed by atoms with Crippen LogP contribution >= 0.6 is 0 Å². The molecule has 156 valence electrons. The van der Waals surface area contributed by atoms with Crippen molar-refractivity contribution in [2.45, 2.75) is 47.0 Å². The number of allylic oxidation sites excluding steroid dienone is 8. The zero-order valence-corrected chi connectivity index (χ0v) is 18.2. The fourth-order valence-corrected chi connectivity index (χ4v) is 3.41. The van der Waals surface area contributed by atoms with Crippen LogP contribution in [0.1, 0.15) is 52.7 Å². The van der Waals surface area contributed by atoms with Crippen molar-refractivity contribution in [3.8, 4) is 0 Å². The van der Waals surface area contributed by atoms with Crippen molar-refractivity contribution in [1.82, 2.24) is 20.3 Å². The zero-order chi connectivity index (χ0) is 21.6. The Kier molecular flexibility index (Phi) is 7.48. The Hall–Kier alpha value is -2.76. The van der Waals surface area contributed by atoms with Gasteiger partial charge in [0, 0.05) is 19.7 Å². The lowest BCUT2D eigenvalue weighted by atomic mass is 9.72. The number of aromatic nitrogens is 3. The third-order valence-electron chi connectivity index (χ3n) is 5.07. The molecule has 0 saturated heterocycles. The van der Waals surface area contributed by atoms with Gasteiger partial charge in [0.15, 0.2) is 0 Å². The zero-order valence-electron chi connectivity index (χ0n) is 18.2. The van der Waals surface area contributed by atoms with Gasteiger partial charge in [0.1, 0.15) is 5.69 Å². The maximum absolute atomic E-state index is 13.3. The lowest BCUT2D eigenvalue weighted by Crippen LogP contribution is -2.30. The van der Waals surface area contributed by atoms with Crippen molar-refractivity contribution in [1.29, 1.82) is 0 Å². The summed E-state index contributed by atoms with van der Waals surface area (Å²) in [6, 6.07) is 0. The molecular weight excluding hydrogens is 367 g/mol. The van der Waals surface area contributed by atoms with Crippen molar-refractivity contribution in [2.75, 3.05) is 14.1 Å². The summed E-state index contributed by atoms with van der Waals surface area (Å²) < 4.78 is 13.3. The molecule has 2 rings (SSSR count). The van der Waals surface area contributed by atoms with Gasteiger partial charge >= 0.3 is 0 Å². The minimum absolute atomic E-state index is 0.0210. The molecule has 1 aromatic rings. The van der Waals surface area contributed by atoms with Crippen LogP contribution in [0.3, 0.4) is 0 Å². The van der Waals surface area contributed by atoms with Crippen LogP contribution in [0.5, 0.6) is 0 Å². The molecule has 1 aromatic heterocycles. The molecule has 0 saturated carbocycles. The molecule has 0 aliphatic heterocycles. The molecule has 1 amide bonds. The van der Waals surface area contributed by atoms with Gasteiger partial charge in [0.25, 0.3) is 5.95 Å². The largest absolute Gasteiger partial charge is 0.345 e. The van der Waals surface area contributed by atoms with Gasteiger partial charge in [0.2, 0.25) is 5.91 Å². The van der Waals surface area contributed by atoms with Crippen molar-refractivity contribution in [2.24, 2.45) is 5.41 Å². The first kappa shape index (κ1) is 22.5. The average molecular weight is 399 g/mol. The lowest BCUT2D eigenvalue weighted by Gasteiger charge is -2.34. The van der Waals surface area contributed by atoms with Crippen LogP contribution in [0.25, 0.3) is 6.08 Å². The monoisotopic (exact) mass is 398 g/mol. The fourth-order valence-electron chi connectivity index (χ4n) is 3.41. The number of hydrogen-bond donors (Lipinski definition) is 1. The molecule has 1 N–H and O–H groups in total. The highest BCUT2D eigenvalue weighted by Crippen LogP contribution is 2.41. The van der Waals surface area contributed by atoms with E-state index in [0.29, 0.717) is 0 Å². The molecule has 0 fully saturated rings. The van der Waals surface area contributed by atoms with E-state index >= 15 is 0 Å². The van der Waals surface area contributed by atoms with Gasteiger partial charge in [-0.2, -0.15) is 14.7 Å². The van der Waals surface area contributed by atoms with E-state index in [4.69, 9.17) is 0 Å². The number of nitrogens with zero attached hydrogens (tertiary/aromatic N) is 3. The maximum Gasteiger partial charge on any atom is 0.259 e. The predicted octanol–water partition coefficient (Wildman–Crippen LogP) is 5.00. The van der Waals surface area contributed by atoms with E-state index in [1.165, 1.54) is 0 Å². The molecule has 0 spiro atoms. The summed E-state index contributed by atoms with van der Waals surface area (Å²) >= 11 is 0. The number of aromatic amines is 1. The second kappa shape index (κ2) is 9.63. The minimum Gasteiger partial charge on any atom is -0.345 e. The van der Waals surface area contributed by atoms with Crippen molar-refractivity contribution < 1.29 is 9.18 Å². The first-order chi connectivity index (χ1) is 13.6. The topological polar surface area (TPSA) is 61.9 Å². The normalized spacial score (nSPS) is 18.2. The van der Waals surface area contributed by atoms with Crippen LogP contribution in [0.4, 0.5) is 4.39 Å². The standard InChI is InChI=1S/C23H31FN4O/c1-16(9-7-10-17(2)15-20-21(24)26-27-25-20)12-13-19-18(22(29)28(5)6)11-8-14-23(19,3)4/h7,9-10,12-13,15H,8,11,14H2,1-6H3,(H,25,26,27)/b10-7+,13-12+,16-9+,17-15+. The highest BCUT2D eigenvalue weighted by molar-refractivity contribution is 5.94. The number of likely N-dealkylation sites (N-methyl/N-ethyl adjacent to an activating group) is 1. The van der Waals surface area contributed by atoms with Gasteiger partial charge in [-0.15, -0.1) is 5.10 Å². The molecule has 0 bridgehead atoms. The number of rotatable bonds is 6. The molecule has 0 radical (unpaired) electrons. The average Bonchev–Trinajstić information content (AvgIpc) is 3.03. The van der Waals surface area contributed by atoms with E-state index in [9.17, 15) is 9.18 Å². The third kappa shape index (κ3) is 6.11. The van der Waals surface area contributed by atoms with Crippen LogP contribution < -0.4 is 0 Å². The number of carbonyl (C=O) groups is 1. The van der Waals surface area contributed by atoms with Crippen LogP contribution in [-0.4, -0.2) is 40.3 Å². The van der Waals surface area contributed by atoms with Gasteiger partial charge < -0.3 is 4.90 Å². The maximum atomic E-state index is 13.3. The Bertz CT molecular complexity index is 898. The van der Waals surface area contributed by atoms with Gasteiger partial charge in [-0.25, -0.2) is 0 Å². The molecule has 1 aliphatic rings. The quantitative estimate of drug-likeness (QED) is 0.686. The first-order valence-corrected chi connectivity index (χ1v) is 9.84. The number of H-pyrrole nitrogens is 1. The third-order valence-corrected chi connectivity index (χ3v) is 5.07. The van der Waals surface area contributed by atoms with Gasteiger partial charge in [-0.3, -0.25) is 4.79 Å². The van der Waals surface area contributed by atoms with Crippen LogP contribution in [0.2, 0.25) is 0 Å². The Morgan fingerprint density at radius 1 is 1.17 bits per heavy atom. The highest BCUT2D eigenvalue weighted by atomic mass is 19.1. The summed E-state index contributed by atoms with van der Waals surface area (Å²) in [5, 5.41) is 9.36. The summed E-state index contributed by atoms with van der Waals surface area (Å²) in [5.74, 6) is -0.515. The summed E-state index contributed by atoms with van der Waals surface area (Å²) in [7, 11) is 3.60. The first-order valence-electron chi connectivity index (χ1n) is 9.84. The molecule has 1 heterocycles. The van der Waals surface area contributed by atoms with Crippen molar-refractivity contribution in [3.63, 3.8) is 0 Å². The van der Waals surface area contributed by atoms with Crippen LogP contribution in [0, 0.1) is 11.4 Å². The van der Waals surface area contributed by atoms with E-state index in [-0.39, 0.29) is 17.0 Å². The summed E-state index contributed by atoms with van der Waals surface area (Å²) in [6.45, 7) is 8.29. The molecule has 29 heavy (non-hydrogen) atoms. The Labute approximate surface area is 172 Å². The van der Waals surface area contributed by atoms with Crippen molar-refractivity contribution in [3.05, 3.63) is 64.3 Å². The number of carbonyl (C=O) groups excluding carboxylic acids is 1. The molecule has 0 aromatic carbocycles. The van der Waals surface area contributed by atoms with Gasteiger partial charge in [-0.05, 0) is 55.7 Å². The van der Waals surface area contributed by atoms with E-state index < -0.39 is 5.95 Å². The van der Waals surface area contributed by atoms with E-state index in [1.807, 2.05) is 38.2 Å². The van der Waals surface area contributed by atoms with Gasteiger partial charge in [0.05, 0.1) is 0 Å². The molecule has 0 unspecified atom stereocenters. The molecule has 5 nitrogen and oxygen atoms in total. The Morgan fingerprint density at radius 3 is 2.52 bits per heavy atom. The fraction of sp³-hybridized carbons (Fsp3) is 0.435. The van der Waals surface area contributed by atoms with Crippen LogP contribution in [-0.2, 0) is 4.79 Å². The predicted molar refractivity (Wildman–Crippen MR) is 115 cm³/mol. The molecule has 0 atom stereocenters. The number of hydrogen-bond acceptors (Lipinski definition) is 3. The molecule has 1 aliphatic carbocycles. The smallest absolute Gasteiger partial charge is 0.259 e. The van der Waals surface area contributed by atoms with E-state index in [1.54, 1.807) is 25.1 Å². The SMILES string of the molecule is CC(/C=C/C1=C(C(=O)N(C)C)CCCC1(C)C)=C\C=C\C(C)=C\c1n[nH]nc1F. The van der Waals surface area contributed by atoms with Gasteiger partial charge in [-0.1, -0.05) is 49.8 Å². The summed E-state index contributed by atoms with van der Waals surface area (Å²) in [4.78, 5) is 14.3. The van der Waals surface area contributed by atoms with Crippen molar-refractivity contribution >= 4 is 12.0 Å². The number of amides is 1. The number of nitrogens with one attached hydrogen (secondary N) is 1. The van der Waals surface area contributed by atoms with E-state index in [0.717, 1.165) is 41.6 Å². The minimum atomic E-state index is -0.612. The van der Waals surface area contributed by atoms with Crippen LogP contribution in [0.15, 0.2) is 52.7 Å². The Morgan fingerprint density at radius 2 is 1.90 bits per heavy atom. The second-order valence-corrected chi connectivity index (χ2v) is 8.32. The molecular formula is C23H31FN4O. The van der Waals surface area contributed by atoms with E-state index in [2.05, 4.69) is 35.3 Å². The second-order valence-electron chi connectivity index (χ2n) is 8.32. The Balaban J connectivity index is 2.18. The summed E-state index contributed by atoms with van der Waals surface area (Å²) in [6.07, 6.45) is 14.5. The summed E-state index contributed by atoms with van der Waals surface area (Å²) in [5.41, 5.74) is 4.13.